The summed E-state index contributed by atoms with van der Waals surface area (Å²) in [5.74, 6) is 0. The van der Waals surface area contributed by atoms with Crippen molar-refractivity contribution in [3.8, 4) is 77.9 Å². The van der Waals surface area contributed by atoms with Gasteiger partial charge in [0, 0.05) is 144 Å². The quantitative estimate of drug-likeness (QED) is 0.0961. The van der Waals surface area contributed by atoms with Crippen LogP contribution in [0.25, 0.3) is 226 Å². The summed E-state index contributed by atoms with van der Waals surface area (Å²) in [6, 6.07) is 194. The van der Waals surface area contributed by atoms with E-state index in [0.29, 0.717) is 0 Å². The Labute approximate surface area is 871 Å². The number of anilines is 9. The van der Waals surface area contributed by atoms with Crippen LogP contribution in [-0.4, -0.2) is 0 Å². The van der Waals surface area contributed by atoms with Gasteiger partial charge in [-0.1, -0.05) is 328 Å². The molecule has 0 bridgehead atoms. The predicted octanol–water partition coefficient (Wildman–Crippen LogP) is 42.2. The van der Waals surface area contributed by atoms with E-state index in [-0.39, 0.29) is 0 Å². The van der Waals surface area contributed by atoms with Crippen molar-refractivity contribution in [2.24, 2.45) is 0 Å². The van der Waals surface area contributed by atoms with Gasteiger partial charge in [0.1, 0.15) is 33.5 Å². The molecule has 30 aromatic rings. The van der Waals surface area contributed by atoms with Crippen LogP contribution in [0.1, 0.15) is 0 Å². The van der Waals surface area contributed by atoms with Crippen LogP contribution in [0.3, 0.4) is 0 Å². The Morgan fingerprint density at radius 1 is 0.121 bits per heavy atom. The van der Waals surface area contributed by atoms with Crippen molar-refractivity contribution >= 4 is 233 Å². The lowest BCUT2D eigenvalue weighted by molar-refractivity contribution is 0.668. The molecular formula is C140H89N3O3S3. The lowest BCUT2D eigenvalue weighted by atomic mass is 10.0. The Morgan fingerprint density at radius 3 is 0.718 bits per heavy atom. The Kier molecular flexibility index (Phi) is 22.1. The molecule has 0 saturated heterocycles. The maximum absolute atomic E-state index is 6.09. The van der Waals surface area contributed by atoms with E-state index in [4.69, 9.17) is 13.3 Å². The first kappa shape index (κ1) is 88.0. The van der Waals surface area contributed by atoms with Crippen LogP contribution < -0.4 is 14.7 Å². The van der Waals surface area contributed by atoms with Crippen molar-refractivity contribution in [2.75, 3.05) is 14.7 Å². The number of para-hydroxylation sites is 3. The fraction of sp³-hybridized carbons (Fsp3) is 0. The van der Waals surface area contributed by atoms with Crippen molar-refractivity contribution in [1.82, 2.24) is 0 Å². The average molecular weight is 1960 g/mol. The van der Waals surface area contributed by atoms with Crippen molar-refractivity contribution in [2.45, 2.75) is 0 Å². The number of thiophene rings is 3. The monoisotopic (exact) mass is 1960 g/mol. The molecule has 0 aliphatic carbocycles. The van der Waals surface area contributed by atoms with Gasteiger partial charge in [0.2, 0.25) is 0 Å². The first-order chi connectivity index (χ1) is 73.8. The van der Waals surface area contributed by atoms with Crippen molar-refractivity contribution in [1.29, 1.82) is 0 Å². The highest BCUT2D eigenvalue weighted by Gasteiger charge is 2.23. The molecule has 6 nitrogen and oxygen atoms in total. The van der Waals surface area contributed by atoms with Crippen molar-refractivity contribution < 1.29 is 13.3 Å². The molecule has 0 spiro atoms. The highest BCUT2D eigenvalue weighted by molar-refractivity contribution is 7.26. The highest BCUT2D eigenvalue weighted by atomic mass is 32.1. The second-order valence-corrected chi connectivity index (χ2v) is 41.3. The van der Waals surface area contributed by atoms with E-state index in [1.807, 2.05) is 70.4 Å². The fourth-order valence-corrected chi connectivity index (χ4v) is 25.0. The normalized spacial score (nSPS) is 11.6. The molecular weight excluding hydrogens is 1870 g/mol. The van der Waals surface area contributed by atoms with E-state index in [9.17, 15) is 0 Å². The molecule has 9 heteroatoms. The van der Waals surface area contributed by atoms with E-state index < -0.39 is 0 Å². The van der Waals surface area contributed by atoms with Crippen LogP contribution in [0.4, 0.5) is 51.2 Å². The zero-order chi connectivity index (χ0) is 98.4. The summed E-state index contributed by atoms with van der Waals surface area (Å²) in [4.78, 5) is 7.06. The molecule has 0 aliphatic rings. The van der Waals surface area contributed by atoms with E-state index >= 15 is 0 Å². The van der Waals surface area contributed by atoms with Crippen LogP contribution in [0, 0.1) is 0 Å². The van der Waals surface area contributed by atoms with E-state index in [0.717, 1.165) is 123 Å². The lowest BCUT2D eigenvalue weighted by Crippen LogP contribution is -2.10. The summed E-state index contributed by atoms with van der Waals surface area (Å²) < 4.78 is 26.2. The third kappa shape index (κ3) is 16.5. The molecule has 0 atom stereocenters. The van der Waals surface area contributed by atoms with E-state index in [1.54, 1.807) is 0 Å². The zero-order valence-corrected chi connectivity index (χ0v) is 83.1. The number of rotatable bonds is 16. The molecule has 30 rings (SSSR count). The summed E-state index contributed by atoms with van der Waals surface area (Å²) in [5, 5.41) is 19.7. The minimum atomic E-state index is 0.911. The SMILES string of the molecule is c1ccc(-c2ccc(N(c3ccc(-c4ccc5oc6ccccc6c5c4)cc3)c3ccc(-c4ccc5sc6ccccc6c5c4)cc3)cc2)cc1.c1ccc2c(N(c3ccc(-c4ccc5oc6ccccc6c5c4)cc3)c3ccc(-c4ccc5sc6ccccc6c5c4)cc3)cccc2c1.c1ccc2cc(N(c3ccc(-c4ccc5oc6ccccc6c5c4)cc3)c3ccc(-c4ccc5sc6ccccc6c5c4)cc3)ccc2c1. The molecule has 6 aromatic heterocycles. The zero-order valence-electron chi connectivity index (χ0n) is 80.7. The third-order valence-corrected chi connectivity index (χ3v) is 32.7. The number of nitrogens with zero attached hydrogens (tertiary/aromatic N) is 3. The van der Waals surface area contributed by atoms with Gasteiger partial charge >= 0.3 is 0 Å². The van der Waals surface area contributed by atoms with Gasteiger partial charge in [0.15, 0.2) is 0 Å². The van der Waals surface area contributed by atoms with Gasteiger partial charge in [-0.05, 0) is 306 Å². The molecule has 24 aromatic carbocycles. The molecule has 0 N–H and O–H groups in total. The summed E-state index contributed by atoms with van der Waals surface area (Å²) >= 11 is 5.57. The van der Waals surface area contributed by atoms with Gasteiger partial charge in [-0.25, -0.2) is 0 Å². The van der Waals surface area contributed by atoms with E-state index in [1.165, 1.54) is 154 Å². The Hall–Kier alpha value is -18.7. The molecule has 0 radical (unpaired) electrons. The second kappa shape index (κ2) is 37.5. The molecule has 0 amide bonds. The number of hydrogen-bond donors (Lipinski definition) is 0. The molecule has 0 aliphatic heterocycles. The maximum Gasteiger partial charge on any atom is 0.135 e. The van der Waals surface area contributed by atoms with Gasteiger partial charge in [0.25, 0.3) is 0 Å². The number of fused-ring (bicyclic) bond motifs is 20. The van der Waals surface area contributed by atoms with Gasteiger partial charge < -0.3 is 28.0 Å². The molecule has 700 valence electrons. The lowest BCUT2D eigenvalue weighted by Gasteiger charge is -2.27. The van der Waals surface area contributed by atoms with Gasteiger partial charge in [-0.2, -0.15) is 0 Å². The summed E-state index contributed by atoms with van der Waals surface area (Å²) in [6.45, 7) is 0. The van der Waals surface area contributed by atoms with Crippen LogP contribution in [-0.2, 0) is 0 Å². The topological polar surface area (TPSA) is 49.1 Å². The molecule has 0 saturated carbocycles. The first-order valence-corrected chi connectivity index (χ1v) is 52.9. The molecule has 149 heavy (non-hydrogen) atoms. The number of furan rings is 3. The van der Waals surface area contributed by atoms with Gasteiger partial charge in [-0.15, -0.1) is 34.0 Å². The van der Waals surface area contributed by atoms with Crippen LogP contribution in [0.15, 0.2) is 553 Å². The Morgan fingerprint density at radius 2 is 0.356 bits per heavy atom. The van der Waals surface area contributed by atoms with Crippen molar-refractivity contribution in [3.05, 3.63) is 540 Å². The Bertz CT molecular complexity index is 9870. The average Bonchev–Trinajstić information content (AvgIpc) is 1.15. The number of hydrogen-bond acceptors (Lipinski definition) is 9. The van der Waals surface area contributed by atoms with Crippen LogP contribution in [0.5, 0.6) is 0 Å². The summed E-state index contributed by atoms with van der Waals surface area (Å²) in [5.41, 5.74) is 32.2. The summed E-state index contributed by atoms with van der Waals surface area (Å²) in [6.07, 6.45) is 0. The summed E-state index contributed by atoms with van der Waals surface area (Å²) in [7, 11) is 0. The standard InChI is InChI=1S/C48H31NOS.2C46H29NOS/c1-2-8-32(9-3-1)33-14-22-38(23-15-33)49(39-24-16-34(17-25-39)36-20-28-46-43(30-36)41-10-4-6-12-45(41)50-46)40-26-18-35(19-27-40)37-21-29-48-44(31-37)42-11-5-7-13-47(42)51-48;1-2-10-37-32(8-1)9-7-13-42(37)47(35-22-16-30(17-23-35)33-20-26-44-40(28-33)38-11-3-5-14-43(38)48-44)36-24-18-31(19-25-36)34-21-27-46-41(29-34)39-12-4-6-15-45(39)49-46;1-2-8-33-27-38(24-17-30(33)7-1)47(36-20-13-31(14-21-36)34-18-25-44-41(28-34)39-9-3-5-11-43(39)48-44)37-22-15-32(16-23-37)35-19-26-46-42(29-35)40-10-4-6-12-45(40)49-46/h1-31H;2*1-29H. The van der Waals surface area contributed by atoms with Crippen LogP contribution in [0.2, 0.25) is 0 Å². The minimum Gasteiger partial charge on any atom is -0.456 e. The second-order valence-electron chi connectivity index (χ2n) is 38.1. The van der Waals surface area contributed by atoms with E-state index in [2.05, 4.69) is 518 Å². The number of benzene rings is 24. The van der Waals surface area contributed by atoms with Gasteiger partial charge in [0.05, 0.1) is 5.69 Å². The maximum atomic E-state index is 6.09. The van der Waals surface area contributed by atoms with Gasteiger partial charge in [-0.3, -0.25) is 0 Å². The largest absolute Gasteiger partial charge is 0.456 e. The van der Waals surface area contributed by atoms with Crippen LogP contribution >= 0.6 is 34.0 Å². The van der Waals surface area contributed by atoms with Crippen molar-refractivity contribution in [3.63, 3.8) is 0 Å². The molecule has 0 unspecified atom stereocenters. The molecule has 0 fully saturated rings. The minimum absolute atomic E-state index is 0.911. The highest BCUT2D eigenvalue weighted by Crippen LogP contribution is 2.49. The smallest absolute Gasteiger partial charge is 0.135 e. The fourth-order valence-electron chi connectivity index (χ4n) is 21.7. The molecule has 6 heterocycles. The predicted molar refractivity (Wildman–Crippen MR) is 637 cm³/mol. The Balaban J connectivity index is 0.000000108. The first-order valence-electron chi connectivity index (χ1n) is 50.4. The third-order valence-electron chi connectivity index (χ3n) is 29.2.